The maximum absolute atomic E-state index is 11.7. The van der Waals surface area contributed by atoms with Crippen molar-refractivity contribution in [3.8, 4) is 5.69 Å². The summed E-state index contributed by atoms with van der Waals surface area (Å²) >= 11 is 1.43. The van der Waals surface area contributed by atoms with Crippen LogP contribution in [0.2, 0.25) is 0 Å². The van der Waals surface area contributed by atoms with E-state index in [2.05, 4.69) is 42.3 Å². The fraction of sp³-hybridized carbons (Fsp3) is 0.375. The van der Waals surface area contributed by atoms with Gasteiger partial charge in [0.25, 0.3) is 0 Å². The Morgan fingerprint density at radius 2 is 2.05 bits per heavy atom. The van der Waals surface area contributed by atoms with Crippen molar-refractivity contribution >= 4 is 17.7 Å². The minimum absolute atomic E-state index is 0.0166. The van der Waals surface area contributed by atoms with Gasteiger partial charge in [0, 0.05) is 31.7 Å². The number of thioether (sulfide) groups is 1. The minimum Gasteiger partial charge on any atom is -0.383 e. The molecular weight excluding hydrogens is 298 g/mol. The first-order chi connectivity index (χ1) is 10.6. The third kappa shape index (κ3) is 4.61. The lowest BCUT2D eigenvalue weighted by molar-refractivity contribution is -0.118. The molecule has 1 aromatic heterocycles. The maximum Gasteiger partial charge on any atom is 0.230 e. The number of hydrogen-bond donors (Lipinski definition) is 1. The molecule has 0 bridgehead atoms. The van der Waals surface area contributed by atoms with Gasteiger partial charge >= 0.3 is 0 Å². The standard InChI is InChI=1S/C16H21N3O2S/c1-12-8-13(2)10-14(9-12)19-6-4-18-16(19)22-11-15(20)17-5-7-21-3/h4,6,8-10H,5,7,11H2,1-3H3,(H,17,20). The van der Waals surface area contributed by atoms with E-state index in [4.69, 9.17) is 4.74 Å². The van der Waals surface area contributed by atoms with Crippen molar-refractivity contribution < 1.29 is 9.53 Å². The molecule has 0 saturated heterocycles. The van der Waals surface area contributed by atoms with Gasteiger partial charge in [0.1, 0.15) is 0 Å². The highest BCUT2D eigenvalue weighted by atomic mass is 32.2. The van der Waals surface area contributed by atoms with Crippen molar-refractivity contribution in [1.29, 1.82) is 0 Å². The highest BCUT2D eigenvalue weighted by molar-refractivity contribution is 7.99. The molecule has 1 amide bonds. The molecule has 0 radical (unpaired) electrons. The summed E-state index contributed by atoms with van der Waals surface area (Å²) in [7, 11) is 1.61. The molecule has 118 valence electrons. The number of methoxy groups -OCH3 is 1. The van der Waals surface area contributed by atoms with Gasteiger partial charge in [-0.2, -0.15) is 0 Å². The van der Waals surface area contributed by atoms with E-state index in [0.29, 0.717) is 18.9 Å². The van der Waals surface area contributed by atoms with Crippen molar-refractivity contribution in [3.05, 3.63) is 41.7 Å². The van der Waals surface area contributed by atoms with Crippen LogP contribution in [0.5, 0.6) is 0 Å². The van der Waals surface area contributed by atoms with Crippen LogP contribution in [-0.2, 0) is 9.53 Å². The zero-order valence-electron chi connectivity index (χ0n) is 13.1. The number of amides is 1. The van der Waals surface area contributed by atoms with Crippen molar-refractivity contribution in [2.24, 2.45) is 0 Å². The van der Waals surface area contributed by atoms with Crippen LogP contribution < -0.4 is 5.32 Å². The number of carbonyl (C=O) groups is 1. The van der Waals surface area contributed by atoms with Gasteiger partial charge in [-0.25, -0.2) is 4.98 Å². The molecule has 5 nitrogen and oxygen atoms in total. The zero-order chi connectivity index (χ0) is 15.9. The van der Waals surface area contributed by atoms with Crippen LogP contribution in [0.15, 0.2) is 35.7 Å². The summed E-state index contributed by atoms with van der Waals surface area (Å²) in [5.41, 5.74) is 3.48. The predicted molar refractivity (Wildman–Crippen MR) is 88.6 cm³/mol. The van der Waals surface area contributed by atoms with Crippen LogP contribution in [0.4, 0.5) is 0 Å². The molecule has 0 aliphatic carbocycles. The number of aryl methyl sites for hydroxylation is 2. The summed E-state index contributed by atoms with van der Waals surface area (Å²) in [6, 6.07) is 6.35. The Bertz CT molecular complexity index is 620. The molecule has 2 rings (SSSR count). The highest BCUT2D eigenvalue weighted by Crippen LogP contribution is 2.21. The number of aromatic nitrogens is 2. The lowest BCUT2D eigenvalue weighted by Crippen LogP contribution is -2.28. The summed E-state index contributed by atoms with van der Waals surface area (Å²) in [4.78, 5) is 16.1. The molecule has 2 aromatic rings. The zero-order valence-corrected chi connectivity index (χ0v) is 13.9. The first kappa shape index (κ1) is 16.6. The van der Waals surface area contributed by atoms with Crippen LogP contribution >= 0.6 is 11.8 Å². The molecule has 22 heavy (non-hydrogen) atoms. The number of nitrogens with zero attached hydrogens (tertiary/aromatic N) is 2. The Kier molecular flexibility index (Phi) is 6.03. The summed E-state index contributed by atoms with van der Waals surface area (Å²) in [5.74, 6) is 0.322. The lowest BCUT2D eigenvalue weighted by atomic mass is 10.1. The fourth-order valence-electron chi connectivity index (χ4n) is 2.16. The first-order valence-corrected chi connectivity index (χ1v) is 8.09. The normalized spacial score (nSPS) is 10.7. The Hall–Kier alpha value is -1.79. The summed E-state index contributed by atoms with van der Waals surface area (Å²) in [6.07, 6.45) is 3.67. The van der Waals surface area contributed by atoms with Gasteiger partial charge < -0.3 is 10.1 Å². The highest BCUT2D eigenvalue weighted by Gasteiger charge is 2.09. The summed E-state index contributed by atoms with van der Waals surface area (Å²) in [6.45, 7) is 5.20. The van der Waals surface area contributed by atoms with Crippen LogP contribution in [0.3, 0.4) is 0 Å². The van der Waals surface area contributed by atoms with Crippen molar-refractivity contribution in [3.63, 3.8) is 0 Å². The van der Waals surface area contributed by atoms with Crippen LogP contribution in [0, 0.1) is 13.8 Å². The number of ether oxygens (including phenoxy) is 1. The third-order valence-electron chi connectivity index (χ3n) is 3.05. The number of hydrogen-bond acceptors (Lipinski definition) is 4. The minimum atomic E-state index is -0.0166. The van der Waals surface area contributed by atoms with E-state index in [1.165, 1.54) is 22.9 Å². The molecule has 6 heteroatoms. The van der Waals surface area contributed by atoms with Crippen molar-refractivity contribution in [2.45, 2.75) is 19.0 Å². The molecule has 0 aliphatic rings. The Balaban J connectivity index is 2.02. The van der Waals surface area contributed by atoms with Crippen molar-refractivity contribution in [1.82, 2.24) is 14.9 Å². The second-order valence-corrected chi connectivity index (χ2v) is 6.00. The number of rotatable bonds is 7. The average molecular weight is 319 g/mol. The Labute approximate surface area is 135 Å². The van der Waals surface area contributed by atoms with Gasteiger partial charge in [-0.15, -0.1) is 0 Å². The number of nitrogens with one attached hydrogen (secondary N) is 1. The maximum atomic E-state index is 11.7. The molecule has 0 spiro atoms. The topological polar surface area (TPSA) is 56.1 Å². The van der Waals surface area contributed by atoms with E-state index in [1.54, 1.807) is 13.3 Å². The average Bonchev–Trinajstić information content (AvgIpc) is 2.93. The SMILES string of the molecule is COCCNC(=O)CSc1nccn1-c1cc(C)cc(C)c1. The second kappa shape index (κ2) is 8.00. The van der Waals surface area contributed by atoms with Crippen LogP contribution in [0.25, 0.3) is 5.69 Å². The lowest BCUT2D eigenvalue weighted by Gasteiger charge is -2.10. The third-order valence-corrected chi connectivity index (χ3v) is 4.02. The predicted octanol–water partition coefficient (Wildman–Crippen LogP) is 2.34. The van der Waals surface area contributed by atoms with Crippen molar-refractivity contribution in [2.75, 3.05) is 26.0 Å². The largest absolute Gasteiger partial charge is 0.383 e. The van der Waals surface area contributed by atoms with Crippen LogP contribution in [-0.4, -0.2) is 41.5 Å². The molecule has 1 heterocycles. The van der Waals surface area contributed by atoms with Gasteiger partial charge in [0.05, 0.1) is 12.4 Å². The van der Waals surface area contributed by atoms with E-state index in [0.717, 1.165) is 10.8 Å². The Morgan fingerprint density at radius 3 is 2.73 bits per heavy atom. The van der Waals surface area contributed by atoms with E-state index >= 15 is 0 Å². The molecule has 0 fully saturated rings. The quantitative estimate of drug-likeness (QED) is 0.629. The molecule has 1 aromatic carbocycles. The molecule has 0 unspecified atom stereocenters. The van der Waals surface area contributed by atoms with E-state index in [9.17, 15) is 4.79 Å². The Morgan fingerprint density at radius 1 is 1.32 bits per heavy atom. The van der Waals surface area contributed by atoms with Gasteiger partial charge in [-0.05, 0) is 37.1 Å². The summed E-state index contributed by atoms with van der Waals surface area (Å²) in [5, 5.41) is 3.61. The van der Waals surface area contributed by atoms with Gasteiger partial charge in [0.15, 0.2) is 5.16 Å². The molecule has 0 saturated carbocycles. The fourth-order valence-corrected chi connectivity index (χ4v) is 2.96. The number of imidazole rings is 1. The number of carbonyl (C=O) groups excluding carboxylic acids is 1. The van der Waals surface area contributed by atoms with Gasteiger partial charge in [-0.1, -0.05) is 17.8 Å². The molecule has 1 N–H and O–H groups in total. The molecule has 0 aliphatic heterocycles. The van der Waals surface area contributed by atoms with E-state index in [1.807, 2.05) is 10.8 Å². The van der Waals surface area contributed by atoms with E-state index < -0.39 is 0 Å². The molecular formula is C16H21N3O2S. The van der Waals surface area contributed by atoms with E-state index in [-0.39, 0.29) is 5.91 Å². The monoisotopic (exact) mass is 319 g/mol. The first-order valence-electron chi connectivity index (χ1n) is 7.10. The van der Waals surface area contributed by atoms with Gasteiger partial charge in [-0.3, -0.25) is 9.36 Å². The molecule has 0 atom stereocenters. The smallest absolute Gasteiger partial charge is 0.230 e. The summed E-state index contributed by atoms with van der Waals surface area (Å²) < 4.78 is 6.91. The van der Waals surface area contributed by atoms with Crippen LogP contribution in [0.1, 0.15) is 11.1 Å². The van der Waals surface area contributed by atoms with Gasteiger partial charge in [0.2, 0.25) is 5.91 Å². The second-order valence-electron chi connectivity index (χ2n) is 5.06. The number of benzene rings is 1.